The highest BCUT2D eigenvalue weighted by molar-refractivity contribution is 5.36. The lowest BCUT2D eigenvalue weighted by Crippen LogP contribution is -2.15. The van der Waals surface area contributed by atoms with Crippen molar-refractivity contribution < 1.29 is 4.74 Å². The molecular formula is C18H23NO. The summed E-state index contributed by atoms with van der Waals surface area (Å²) in [5.74, 6) is 1.30. The Hall–Kier alpha value is -1.80. The molecule has 0 spiro atoms. The SMILES string of the molecule is CCOc1ccccc1CC(CN)c1cccc(C)c1. The van der Waals surface area contributed by atoms with E-state index in [1.807, 2.05) is 19.1 Å². The molecule has 0 radical (unpaired) electrons. The van der Waals surface area contributed by atoms with Crippen LogP contribution in [0.1, 0.15) is 29.5 Å². The number of nitrogens with two attached hydrogens (primary N) is 1. The lowest BCUT2D eigenvalue weighted by molar-refractivity contribution is 0.335. The fourth-order valence-corrected chi connectivity index (χ4v) is 2.50. The van der Waals surface area contributed by atoms with Crippen LogP contribution in [0.3, 0.4) is 0 Å². The van der Waals surface area contributed by atoms with E-state index in [9.17, 15) is 0 Å². The molecule has 0 amide bonds. The Morgan fingerprint density at radius 2 is 1.90 bits per heavy atom. The second-order valence-electron chi connectivity index (χ2n) is 5.09. The summed E-state index contributed by atoms with van der Waals surface area (Å²) in [6, 6.07) is 16.8. The summed E-state index contributed by atoms with van der Waals surface area (Å²) in [6.07, 6.45) is 0.913. The van der Waals surface area contributed by atoms with Crippen LogP contribution in [0.4, 0.5) is 0 Å². The molecule has 2 N–H and O–H groups in total. The molecule has 106 valence electrons. The van der Waals surface area contributed by atoms with E-state index < -0.39 is 0 Å². The number of rotatable bonds is 6. The van der Waals surface area contributed by atoms with Gasteiger partial charge in [-0.25, -0.2) is 0 Å². The maximum absolute atomic E-state index is 5.99. The van der Waals surface area contributed by atoms with E-state index in [0.29, 0.717) is 19.1 Å². The fraction of sp³-hybridized carbons (Fsp3) is 0.333. The molecule has 2 aromatic rings. The molecule has 2 heteroatoms. The molecule has 0 fully saturated rings. The predicted molar refractivity (Wildman–Crippen MR) is 84.3 cm³/mol. The van der Waals surface area contributed by atoms with Gasteiger partial charge in [0.1, 0.15) is 5.75 Å². The highest BCUT2D eigenvalue weighted by Gasteiger charge is 2.13. The van der Waals surface area contributed by atoms with Crippen molar-refractivity contribution in [3.63, 3.8) is 0 Å². The van der Waals surface area contributed by atoms with Crippen molar-refractivity contribution in [2.45, 2.75) is 26.2 Å². The molecule has 2 aromatic carbocycles. The fourth-order valence-electron chi connectivity index (χ4n) is 2.50. The summed E-state index contributed by atoms with van der Waals surface area (Å²) >= 11 is 0. The van der Waals surface area contributed by atoms with E-state index in [2.05, 4.69) is 43.3 Å². The number of ether oxygens (including phenoxy) is 1. The van der Waals surface area contributed by atoms with Gasteiger partial charge >= 0.3 is 0 Å². The smallest absolute Gasteiger partial charge is 0.122 e. The summed E-state index contributed by atoms with van der Waals surface area (Å²) < 4.78 is 5.70. The number of benzene rings is 2. The minimum absolute atomic E-state index is 0.330. The maximum Gasteiger partial charge on any atom is 0.122 e. The van der Waals surface area contributed by atoms with Gasteiger partial charge in [0.15, 0.2) is 0 Å². The Balaban J connectivity index is 2.22. The van der Waals surface area contributed by atoms with E-state index >= 15 is 0 Å². The van der Waals surface area contributed by atoms with Crippen molar-refractivity contribution in [1.82, 2.24) is 0 Å². The van der Waals surface area contributed by atoms with Gasteiger partial charge in [0.25, 0.3) is 0 Å². The summed E-state index contributed by atoms with van der Waals surface area (Å²) in [6.45, 7) is 5.46. The van der Waals surface area contributed by atoms with Gasteiger partial charge in [0, 0.05) is 5.92 Å². The topological polar surface area (TPSA) is 35.2 Å². The second kappa shape index (κ2) is 7.11. The van der Waals surface area contributed by atoms with Crippen molar-refractivity contribution >= 4 is 0 Å². The zero-order chi connectivity index (χ0) is 14.4. The van der Waals surface area contributed by atoms with Gasteiger partial charge in [-0.2, -0.15) is 0 Å². The Kier molecular flexibility index (Phi) is 5.19. The first-order valence-corrected chi connectivity index (χ1v) is 7.22. The number of para-hydroxylation sites is 1. The predicted octanol–water partition coefficient (Wildman–Crippen LogP) is 3.68. The van der Waals surface area contributed by atoms with Crippen LogP contribution in [0.25, 0.3) is 0 Å². The average Bonchev–Trinajstić information content (AvgIpc) is 2.46. The van der Waals surface area contributed by atoms with E-state index in [1.165, 1.54) is 16.7 Å². The van der Waals surface area contributed by atoms with Crippen LogP contribution in [-0.2, 0) is 6.42 Å². The Morgan fingerprint density at radius 1 is 1.10 bits per heavy atom. The quantitative estimate of drug-likeness (QED) is 0.868. The molecule has 20 heavy (non-hydrogen) atoms. The van der Waals surface area contributed by atoms with Crippen LogP contribution in [0.15, 0.2) is 48.5 Å². The van der Waals surface area contributed by atoms with E-state index in [1.54, 1.807) is 0 Å². The number of aryl methyl sites for hydroxylation is 1. The number of hydrogen-bond acceptors (Lipinski definition) is 2. The van der Waals surface area contributed by atoms with Crippen molar-refractivity contribution in [2.24, 2.45) is 5.73 Å². The largest absolute Gasteiger partial charge is 0.494 e. The summed E-state index contributed by atoms with van der Waals surface area (Å²) in [4.78, 5) is 0. The molecule has 2 nitrogen and oxygen atoms in total. The molecule has 0 aromatic heterocycles. The zero-order valence-electron chi connectivity index (χ0n) is 12.3. The monoisotopic (exact) mass is 269 g/mol. The van der Waals surface area contributed by atoms with E-state index in [4.69, 9.17) is 10.5 Å². The minimum Gasteiger partial charge on any atom is -0.494 e. The van der Waals surface area contributed by atoms with Crippen LogP contribution < -0.4 is 10.5 Å². The molecule has 0 aliphatic carbocycles. The van der Waals surface area contributed by atoms with E-state index in [-0.39, 0.29) is 0 Å². The molecular weight excluding hydrogens is 246 g/mol. The van der Waals surface area contributed by atoms with Crippen molar-refractivity contribution in [1.29, 1.82) is 0 Å². The highest BCUT2D eigenvalue weighted by Crippen LogP contribution is 2.26. The van der Waals surface area contributed by atoms with Gasteiger partial charge in [-0.15, -0.1) is 0 Å². The first kappa shape index (κ1) is 14.6. The standard InChI is InChI=1S/C18H23NO/c1-3-20-18-10-5-4-8-16(18)12-17(13-19)15-9-6-7-14(2)11-15/h4-11,17H,3,12-13,19H2,1-2H3. The van der Waals surface area contributed by atoms with Gasteiger partial charge < -0.3 is 10.5 Å². The molecule has 0 aliphatic rings. The normalized spacial score (nSPS) is 12.2. The van der Waals surface area contributed by atoms with Crippen molar-refractivity contribution in [3.8, 4) is 5.75 Å². The average molecular weight is 269 g/mol. The van der Waals surface area contributed by atoms with Crippen LogP contribution in [-0.4, -0.2) is 13.2 Å². The Morgan fingerprint density at radius 3 is 2.60 bits per heavy atom. The molecule has 2 rings (SSSR count). The second-order valence-corrected chi connectivity index (χ2v) is 5.09. The lowest BCUT2D eigenvalue weighted by Gasteiger charge is -2.18. The first-order valence-electron chi connectivity index (χ1n) is 7.22. The molecule has 0 heterocycles. The molecule has 0 aliphatic heterocycles. The Bertz CT molecular complexity index is 551. The Labute approximate surface area is 121 Å². The zero-order valence-corrected chi connectivity index (χ0v) is 12.3. The van der Waals surface area contributed by atoms with Gasteiger partial charge in [-0.3, -0.25) is 0 Å². The first-order chi connectivity index (χ1) is 9.74. The molecule has 0 saturated heterocycles. The summed E-state index contributed by atoms with van der Waals surface area (Å²) in [5.41, 5.74) is 9.80. The summed E-state index contributed by atoms with van der Waals surface area (Å²) in [5, 5.41) is 0. The van der Waals surface area contributed by atoms with Crippen LogP contribution >= 0.6 is 0 Å². The van der Waals surface area contributed by atoms with Gasteiger partial charge in [0.2, 0.25) is 0 Å². The maximum atomic E-state index is 5.99. The number of hydrogen-bond donors (Lipinski definition) is 1. The third kappa shape index (κ3) is 3.61. The summed E-state index contributed by atoms with van der Waals surface area (Å²) in [7, 11) is 0. The van der Waals surface area contributed by atoms with Gasteiger partial charge in [-0.05, 0) is 44.0 Å². The molecule has 1 unspecified atom stereocenters. The minimum atomic E-state index is 0.330. The highest BCUT2D eigenvalue weighted by atomic mass is 16.5. The van der Waals surface area contributed by atoms with E-state index in [0.717, 1.165) is 12.2 Å². The third-order valence-corrected chi connectivity index (χ3v) is 3.54. The van der Waals surface area contributed by atoms with Crippen LogP contribution in [0, 0.1) is 6.92 Å². The molecule has 0 bridgehead atoms. The van der Waals surface area contributed by atoms with Crippen molar-refractivity contribution in [3.05, 3.63) is 65.2 Å². The van der Waals surface area contributed by atoms with Crippen LogP contribution in [0.2, 0.25) is 0 Å². The lowest BCUT2D eigenvalue weighted by atomic mass is 9.91. The van der Waals surface area contributed by atoms with Gasteiger partial charge in [0.05, 0.1) is 6.61 Å². The van der Waals surface area contributed by atoms with Crippen molar-refractivity contribution in [2.75, 3.05) is 13.2 Å². The third-order valence-electron chi connectivity index (χ3n) is 3.54. The molecule has 1 atom stereocenters. The molecule has 0 saturated carbocycles. The van der Waals surface area contributed by atoms with Crippen LogP contribution in [0.5, 0.6) is 5.75 Å². The van der Waals surface area contributed by atoms with Gasteiger partial charge in [-0.1, -0.05) is 48.0 Å².